The number of rotatable bonds is 12. The molecule has 1 rings (SSSR count). The first-order valence-electron chi connectivity index (χ1n) is 8.99. The van der Waals surface area contributed by atoms with Crippen LogP contribution in [0, 0.1) is 0 Å². The normalized spacial score (nSPS) is 10.4. The molecular weight excluding hydrogens is 304 g/mol. The SMILES string of the molecule is CCCCCCCCCCCC(=O)Oc1ccccc1C(=O)NN. The second-order valence-electron chi connectivity index (χ2n) is 6.02. The molecule has 0 unspecified atom stereocenters. The van der Waals surface area contributed by atoms with Crippen molar-refractivity contribution in [1.82, 2.24) is 5.43 Å². The number of nitrogens with two attached hydrogens (primary N) is 1. The van der Waals surface area contributed by atoms with Gasteiger partial charge in [0.15, 0.2) is 0 Å². The van der Waals surface area contributed by atoms with Crippen LogP contribution in [0.25, 0.3) is 0 Å². The van der Waals surface area contributed by atoms with Crippen molar-refractivity contribution < 1.29 is 14.3 Å². The van der Waals surface area contributed by atoms with Crippen LogP contribution >= 0.6 is 0 Å². The molecule has 0 aromatic heterocycles. The Morgan fingerprint density at radius 1 is 0.958 bits per heavy atom. The van der Waals surface area contributed by atoms with Crippen LogP contribution in [-0.2, 0) is 4.79 Å². The maximum atomic E-state index is 11.9. The van der Waals surface area contributed by atoms with Gasteiger partial charge in [-0.1, -0.05) is 70.4 Å². The number of nitrogens with one attached hydrogen (secondary N) is 1. The van der Waals surface area contributed by atoms with E-state index in [0.29, 0.717) is 6.42 Å². The molecule has 3 N–H and O–H groups in total. The summed E-state index contributed by atoms with van der Waals surface area (Å²) in [5.41, 5.74) is 2.31. The van der Waals surface area contributed by atoms with Gasteiger partial charge in [-0.2, -0.15) is 0 Å². The van der Waals surface area contributed by atoms with Gasteiger partial charge < -0.3 is 4.74 Å². The number of esters is 1. The van der Waals surface area contributed by atoms with Crippen LogP contribution in [0.4, 0.5) is 0 Å². The van der Waals surface area contributed by atoms with E-state index in [2.05, 4.69) is 6.92 Å². The molecule has 0 aliphatic carbocycles. The molecule has 0 saturated carbocycles. The van der Waals surface area contributed by atoms with Crippen molar-refractivity contribution in [3.63, 3.8) is 0 Å². The molecular formula is C19H30N2O3. The van der Waals surface area contributed by atoms with E-state index >= 15 is 0 Å². The maximum Gasteiger partial charge on any atom is 0.311 e. The largest absolute Gasteiger partial charge is 0.426 e. The Kier molecular flexibility index (Phi) is 10.5. The molecule has 5 heteroatoms. The van der Waals surface area contributed by atoms with Crippen LogP contribution in [-0.4, -0.2) is 11.9 Å². The molecule has 0 spiro atoms. The van der Waals surface area contributed by atoms with E-state index in [-0.39, 0.29) is 17.3 Å². The van der Waals surface area contributed by atoms with Gasteiger partial charge in [-0.15, -0.1) is 0 Å². The number of unbranched alkanes of at least 4 members (excludes halogenated alkanes) is 8. The third-order valence-electron chi connectivity index (χ3n) is 3.97. The summed E-state index contributed by atoms with van der Waals surface area (Å²) in [6, 6.07) is 6.58. The zero-order valence-electron chi connectivity index (χ0n) is 14.7. The number of benzene rings is 1. The monoisotopic (exact) mass is 334 g/mol. The summed E-state index contributed by atoms with van der Waals surface area (Å²) < 4.78 is 5.29. The highest BCUT2D eigenvalue weighted by molar-refractivity contribution is 5.97. The molecule has 0 atom stereocenters. The Balaban J connectivity index is 2.20. The van der Waals surface area contributed by atoms with E-state index in [1.165, 1.54) is 38.5 Å². The Morgan fingerprint density at radius 3 is 2.17 bits per heavy atom. The number of carbonyl (C=O) groups is 2. The van der Waals surface area contributed by atoms with Gasteiger partial charge in [0, 0.05) is 6.42 Å². The average molecular weight is 334 g/mol. The van der Waals surface area contributed by atoms with Crippen molar-refractivity contribution in [2.45, 2.75) is 71.1 Å². The minimum absolute atomic E-state index is 0.251. The van der Waals surface area contributed by atoms with E-state index in [1.54, 1.807) is 24.3 Å². The maximum absolute atomic E-state index is 11.9. The third-order valence-corrected chi connectivity index (χ3v) is 3.97. The van der Waals surface area contributed by atoms with Gasteiger partial charge in [0.25, 0.3) is 5.91 Å². The van der Waals surface area contributed by atoms with Gasteiger partial charge in [0.2, 0.25) is 0 Å². The van der Waals surface area contributed by atoms with Crippen molar-refractivity contribution >= 4 is 11.9 Å². The quantitative estimate of drug-likeness (QED) is 0.150. The minimum atomic E-state index is -0.471. The van der Waals surface area contributed by atoms with E-state index in [4.69, 9.17) is 10.6 Å². The van der Waals surface area contributed by atoms with Crippen molar-refractivity contribution in [2.75, 3.05) is 0 Å². The first-order chi connectivity index (χ1) is 11.7. The molecule has 1 aromatic rings. The molecule has 1 amide bonds. The molecule has 24 heavy (non-hydrogen) atoms. The number of ether oxygens (including phenoxy) is 1. The number of hydrogen-bond donors (Lipinski definition) is 2. The van der Waals surface area contributed by atoms with Crippen LogP contribution in [0.1, 0.15) is 81.5 Å². The molecule has 5 nitrogen and oxygen atoms in total. The molecule has 0 heterocycles. The highest BCUT2D eigenvalue weighted by atomic mass is 16.5. The van der Waals surface area contributed by atoms with Crippen LogP contribution < -0.4 is 16.0 Å². The highest BCUT2D eigenvalue weighted by Crippen LogP contribution is 2.19. The van der Waals surface area contributed by atoms with Crippen molar-refractivity contribution in [1.29, 1.82) is 0 Å². The van der Waals surface area contributed by atoms with Gasteiger partial charge in [0.1, 0.15) is 5.75 Å². The summed E-state index contributed by atoms with van der Waals surface area (Å²) in [5.74, 6) is 4.60. The second kappa shape index (κ2) is 12.5. The van der Waals surface area contributed by atoms with Crippen LogP contribution in [0.15, 0.2) is 24.3 Å². The van der Waals surface area contributed by atoms with E-state index < -0.39 is 5.91 Å². The molecule has 0 bridgehead atoms. The highest BCUT2D eigenvalue weighted by Gasteiger charge is 2.13. The van der Waals surface area contributed by atoms with Crippen LogP contribution in [0.3, 0.4) is 0 Å². The summed E-state index contributed by atoms with van der Waals surface area (Å²) in [6.07, 6.45) is 11.2. The van der Waals surface area contributed by atoms with Gasteiger partial charge in [0.05, 0.1) is 5.56 Å². The molecule has 0 saturated heterocycles. The van der Waals surface area contributed by atoms with Crippen molar-refractivity contribution in [3.8, 4) is 5.75 Å². The van der Waals surface area contributed by atoms with Gasteiger partial charge in [-0.25, -0.2) is 5.84 Å². The summed E-state index contributed by atoms with van der Waals surface area (Å²) in [6.45, 7) is 2.22. The van der Waals surface area contributed by atoms with Crippen molar-refractivity contribution in [3.05, 3.63) is 29.8 Å². The molecule has 1 aromatic carbocycles. The lowest BCUT2D eigenvalue weighted by atomic mass is 10.1. The molecule has 134 valence electrons. The average Bonchev–Trinajstić information content (AvgIpc) is 2.60. The Morgan fingerprint density at radius 2 is 1.54 bits per heavy atom. The summed E-state index contributed by atoms with van der Waals surface area (Å²) in [7, 11) is 0. The lowest BCUT2D eigenvalue weighted by molar-refractivity contribution is -0.134. The number of hydrogen-bond acceptors (Lipinski definition) is 4. The first-order valence-corrected chi connectivity index (χ1v) is 8.99. The predicted molar refractivity (Wildman–Crippen MR) is 95.6 cm³/mol. The number of carbonyl (C=O) groups excluding carboxylic acids is 2. The van der Waals surface area contributed by atoms with E-state index in [9.17, 15) is 9.59 Å². The first kappa shape index (κ1) is 20.2. The molecule has 0 aliphatic heterocycles. The van der Waals surface area contributed by atoms with Gasteiger partial charge in [-0.05, 0) is 18.6 Å². The Labute approximate surface area is 144 Å². The fraction of sp³-hybridized carbons (Fsp3) is 0.579. The fourth-order valence-corrected chi connectivity index (χ4v) is 2.57. The lowest BCUT2D eigenvalue weighted by Gasteiger charge is -2.08. The topological polar surface area (TPSA) is 81.4 Å². The summed E-state index contributed by atoms with van der Waals surface area (Å²) in [4.78, 5) is 23.5. The Hall–Kier alpha value is -1.88. The number of amides is 1. The minimum Gasteiger partial charge on any atom is -0.426 e. The van der Waals surface area contributed by atoms with Crippen molar-refractivity contribution in [2.24, 2.45) is 5.84 Å². The molecule has 0 aliphatic rings. The number of para-hydroxylation sites is 1. The number of nitrogen functional groups attached to an aromatic ring is 1. The van der Waals surface area contributed by atoms with Gasteiger partial charge >= 0.3 is 5.97 Å². The lowest BCUT2D eigenvalue weighted by Crippen LogP contribution is -2.30. The fourth-order valence-electron chi connectivity index (χ4n) is 2.57. The van der Waals surface area contributed by atoms with Gasteiger partial charge in [-0.3, -0.25) is 15.0 Å². The zero-order valence-corrected chi connectivity index (χ0v) is 14.7. The summed E-state index contributed by atoms with van der Waals surface area (Å²) in [5, 5.41) is 0. The smallest absolute Gasteiger partial charge is 0.311 e. The predicted octanol–water partition coefficient (Wildman–Crippen LogP) is 4.12. The third kappa shape index (κ3) is 8.11. The summed E-state index contributed by atoms with van der Waals surface area (Å²) >= 11 is 0. The van der Waals surface area contributed by atoms with Crippen LogP contribution in [0.2, 0.25) is 0 Å². The second-order valence-corrected chi connectivity index (χ2v) is 6.02. The molecule has 0 radical (unpaired) electrons. The molecule has 0 fully saturated rings. The van der Waals surface area contributed by atoms with Crippen LogP contribution in [0.5, 0.6) is 5.75 Å². The number of hydrazine groups is 1. The Bertz CT molecular complexity index is 503. The standard InChI is InChI=1S/C19H30N2O3/c1-2-3-4-5-6-7-8-9-10-15-18(22)24-17-14-12-11-13-16(17)19(23)21-20/h11-14H,2-10,15,20H2,1H3,(H,21,23). The van der Waals surface area contributed by atoms with E-state index in [0.717, 1.165) is 19.3 Å². The zero-order chi connectivity index (χ0) is 17.6. The van der Waals surface area contributed by atoms with E-state index in [1.807, 2.05) is 5.43 Å².